The van der Waals surface area contributed by atoms with Crippen LogP contribution < -0.4 is 10.3 Å². The number of hydrogen-bond acceptors (Lipinski definition) is 3. The van der Waals surface area contributed by atoms with Crippen LogP contribution in [0.3, 0.4) is 0 Å². The zero-order chi connectivity index (χ0) is 10.0. The van der Waals surface area contributed by atoms with Gasteiger partial charge in [-0.3, -0.25) is 9.78 Å². The Kier molecular flexibility index (Phi) is 2.50. The van der Waals surface area contributed by atoms with Gasteiger partial charge in [-0.1, -0.05) is 0 Å². The minimum atomic E-state index is -2.86. The van der Waals surface area contributed by atoms with E-state index in [1.165, 1.54) is 7.11 Å². The largest absolute Gasteiger partial charge is 0.494 e. The zero-order valence-corrected chi connectivity index (χ0v) is 6.67. The number of methoxy groups -OCH3 is 1. The first kappa shape index (κ1) is 9.50. The number of rotatable bonds is 2. The standard InChI is InChI=1S/C7H7F2NO3/c1-13-4-2-3(5(8)9)6(11)10-7(4)12/h2,5H,1H3,(H2,10,11,12). The highest BCUT2D eigenvalue weighted by molar-refractivity contribution is 5.33. The SMILES string of the molecule is COc1cc(C(F)F)c(O)[nH]c1=O. The van der Waals surface area contributed by atoms with Gasteiger partial charge in [-0.25, -0.2) is 8.78 Å². The lowest BCUT2D eigenvalue weighted by molar-refractivity contribution is 0.146. The Morgan fingerprint density at radius 2 is 2.23 bits per heavy atom. The molecule has 1 aromatic rings. The van der Waals surface area contributed by atoms with Crippen LogP contribution in [0.5, 0.6) is 11.6 Å². The molecule has 1 aromatic heterocycles. The van der Waals surface area contributed by atoms with Crippen molar-refractivity contribution in [2.24, 2.45) is 0 Å². The molecule has 0 aliphatic rings. The van der Waals surface area contributed by atoms with E-state index in [0.717, 1.165) is 6.07 Å². The van der Waals surface area contributed by atoms with Crippen molar-refractivity contribution in [3.05, 3.63) is 22.0 Å². The molecule has 0 bridgehead atoms. The summed E-state index contributed by atoms with van der Waals surface area (Å²) in [7, 11) is 1.18. The Labute approximate surface area is 71.8 Å². The van der Waals surface area contributed by atoms with Crippen molar-refractivity contribution in [2.45, 2.75) is 6.43 Å². The molecule has 0 spiro atoms. The Hall–Kier alpha value is -1.59. The van der Waals surface area contributed by atoms with Gasteiger partial charge >= 0.3 is 0 Å². The number of pyridine rings is 1. The third-order valence-electron chi connectivity index (χ3n) is 1.47. The molecule has 0 amide bonds. The summed E-state index contributed by atoms with van der Waals surface area (Å²) in [4.78, 5) is 12.7. The Morgan fingerprint density at radius 1 is 1.62 bits per heavy atom. The number of alkyl halides is 2. The Bertz CT molecular complexity index is 361. The summed E-state index contributed by atoms with van der Waals surface area (Å²) in [5, 5.41) is 8.89. The molecular weight excluding hydrogens is 184 g/mol. The van der Waals surface area contributed by atoms with Gasteiger partial charge < -0.3 is 9.84 Å². The molecular formula is C7H7F2NO3. The van der Waals surface area contributed by atoms with Gasteiger partial charge in [0.2, 0.25) is 5.88 Å². The normalized spacial score (nSPS) is 10.5. The first-order chi connectivity index (χ1) is 6.06. The van der Waals surface area contributed by atoms with E-state index in [1.54, 1.807) is 0 Å². The van der Waals surface area contributed by atoms with Gasteiger partial charge in [0.1, 0.15) is 0 Å². The van der Waals surface area contributed by atoms with E-state index in [0.29, 0.717) is 0 Å². The van der Waals surface area contributed by atoms with E-state index < -0.39 is 23.4 Å². The fraction of sp³-hybridized carbons (Fsp3) is 0.286. The molecule has 0 radical (unpaired) electrons. The van der Waals surface area contributed by atoms with Gasteiger partial charge in [0.15, 0.2) is 5.75 Å². The fourth-order valence-corrected chi connectivity index (χ4v) is 0.834. The topological polar surface area (TPSA) is 62.3 Å². The van der Waals surface area contributed by atoms with Crippen molar-refractivity contribution in [1.82, 2.24) is 4.98 Å². The predicted octanol–water partition coefficient (Wildman–Crippen LogP) is 1.03. The first-order valence-electron chi connectivity index (χ1n) is 3.34. The summed E-state index contributed by atoms with van der Waals surface area (Å²) in [6.45, 7) is 0. The molecule has 6 heteroatoms. The molecule has 72 valence electrons. The summed E-state index contributed by atoms with van der Waals surface area (Å²) < 4.78 is 28.8. The van der Waals surface area contributed by atoms with Crippen molar-refractivity contribution < 1.29 is 18.6 Å². The molecule has 1 rings (SSSR count). The molecule has 0 atom stereocenters. The Balaban J connectivity index is 3.31. The van der Waals surface area contributed by atoms with Crippen molar-refractivity contribution in [1.29, 1.82) is 0 Å². The van der Waals surface area contributed by atoms with Gasteiger partial charge in [0.05, 0.1) is 12.7 Å². The molecule has 0 aliphatic heterocycles. The molecule has 2 N–H and O–H groups in total. The number of hydrogen-bond donors (Lipinski definition) is 2. The third kappa shape index (κ3) is 1.77. The van der Waals surface area contributed by atoms with E-state index >= 15 is 0 Å². The lowest BCUT2D eigenvalue weighted by atomic mass is 10.2. The number of H-pyrrole nitrogens is 1. The zero-order valence-electron chi connectivity index (χ0n) is 6.67. The lowest BCUT2D eigenvalue weighted by Crippen LogP contribution is -2.10. The van der Waals surface area contributed by atoms with Gasteiger partial charge in [-0.15, -0.1) is 0 Å². The van der Waals surface area contributed by atoms with Crippen LogP contribution in [0.4, 0.5) is 8.78 Å². The number of ether oxygens (including phenoxy) is 1. The Morgan fingerprint density at radius 3 is 2.69 bits per heavy atom. The fourth-order valence-electron chi connectivity index (χ4n) is 0.834. The van der Waals surface area contributed by atoms with Gasteiger partial charge in [-0.05, 0) is 0 Å². The maximum atomic E-state index is 12.1. The second-order valence-corrected chi connectivity index (χ2v) is 2.27. The van der Waals surface area contributed by atoms with Crippen molar-refractivity contribution in [3.63, 3.8) is 0 Å². The summed E-state index contributed by atoms with van der Waals surface area (Å²) in [5.41, 5.74) is -1.40. The first-order valence-corrected chi connectivity index (χ1v) is 3.34. The molecule has 0 fully saturated rings. The molecule has 0 aliphatic carbocycles. The number of nitrogens with one attached hydrogen (secondary N) is 1. The summed E-state index contributed by atoms with van der Waals surface area (Å²) in [5.74, 6) is -1.09. The van der Waals surface area contributed by atoms with Crippen LogP contribution in [-0.4, -0.2) is 17.2 Å². The van der Waals surface area contributed by atoms with Crippen LogP contribution in [0.1, 0.15) is 12.0 Å². The van der Waals surface area contributed by atoms with Crippen molar-refractivity contribution in [2.75, 3.05) is 7.11 Å². The van der Waals surface area contributed by atoms with Crippen LogP contribution >= 0.6 is 0 Å². The third-order valence-corrected chi connectivity index (χ3v) is 1.47. The molecule has 0 unspecified atom stereocenters. The minimum Gasteiger partial charge on any atom is -0.494 e. The van der Waals surface area contributed by atoms with Crippen molar-refractivity contribution in [3.8, 4) is 11.6 Å². The van der Waals surface area contributed by atoms with Crippen molar-refractivity contribution >= 4 is 0 Å². The van der Waals surface area contributed by atoms with Crippen LogP contribution in [-0.2, 0) is 0 Å². The molecule has 0 aromatic carbocycles. The number of halogens is 2. The summed E-state index contributed by atoms with van der Waals surface area (Å²) in [6.07, 6.45) is -2.86. The average Bonchev–Trinajstić information content (AvgIpc) is 2.03. The average molecular weight is 191 g/mol. The van der Waals surface area contributed by atoms with E-state index in [4.69, 9.17) is 5.11 Å². The van der Waals surface area contributed by atoms with E-state index in [2.05, 4.69) is 4.74 Å². The highest BCUT2D eigenvalue weighted by Crippen LogP contribution is 2.26. The van der Waals surface area contributed by atoms with Gasteiger partial charge in [-0.2, -0.15) is 0 Å². The number of aromatic nitrogens is 1. The molecule has 4 nitrogen and oxygen atoms in total. The highest BCUT2D eigenvalue weighted by atomic mass is 19.3. The van der Waals surface area contributed by atoms with Crippen LogP contribution in [0, 0.1) is 0 Å². The number of aromatic hydroxyl groups is 1. The second-order valence-electron chi connectivity index (χ2n) is 2.27. The van der Waals surface area contributed by atoms with Gasteiger partial charge in [0, 0.05) is 6.07 Å². The van der Waals surface area contributed by atoms with E-state index in [9.17, 15) is 13.6 Å². The monoisotopic (exact) mass is 191 g/mol. The number of aromatic amines is 1. The van der Waals surface area contributed by atoms with Crippen LogP contribution in [0.2, 0.25) is 0 Å². The minimum absolute atomic E-state index is 0.256. The van der Waals surface area contributed by atoms with Crippen LogP contribution in [0.25, 0.3) is 0 Å². The smallest absolute Gasteiger partial charge is 0.293 e. The maximum Gasteiger partial charge on any atom is 0.293 e. The quantitative estimate of drug-likeness (QED) is 0.733. The van der Waals surface area contributed by atoms with Gasteiger partial charge in [0.25, 0.3) is 12.0 Å². The predicted molar refractivity (Wildman–Crippen MR) is 40.2 cm³/mol. The van der Waals surface area contributed by atoms with E-state index in [1.807, 2.05) is 4.98 Å². The molecule has 0 saturated carbocycles. The molecule has 1 heterocycles. The molecule has 13 heavy (non-hydrogen) atoms. The second kappa shape index (κ2) is 3.42. The lowest BCUT2D eigenvalue weighted by Gasteiger charge is -2.04. The summed E-state index contributed by atoms with van der Waals surface area (Å²) in [6, 6.07) is 0.804. The molecule has 0 saturated heterocycles. The maximum absolute atomic E-state index is 12.1. The summed E-state index contributed by atoms with van der Waals surface area (Å²) >= 11 is 0. The highest BCUT2D eigenvalue weighted by Gasteiger charge is 2.16. The van der Waals surface area contributed by atoms with E-state index in [-0.39, 0.29) is 5.75 Å². The van der Waals surface area contributed by atoms with Crippen LogP contribution in [0.15, 0.2) is 10.9 Å².